The molecule has 4 aromatic rings. The molecule has 4 rings (SSSR count). The van der Waals surface area contributed by atoms with Gasteiger partial charge in [0.2, 0.25) is 5.69 Å². The third-order valence-corrected chi connectivity index (χ3v) is 4.37. The molecule has 0 saturated carbocycles. The molecule has 12 heteroatoms. The van der Waals surface area contributed by atoms with Crippen LogP contribution in [0.15, 0.2) is 67.3 Å². The highest BCUT2D eigenvalue weighted by atomic mass is 35.5. The molecule has 0 atom stereocenters. The molecule has 3 N–H and O–H groups in total. The van der Waals surface area contributed by atoms with Gasteiger partial charge in [0.05, 0.1) is 23.0 Å². The van der Waals surface area contributed by atoms with Gasteiger partial charge in [-0.3, -0.25) is 15.1 Å². The minimum Gasteiger partial charge on any atom is -0.542 e. The van der Waals surface area contributed by atoms with Crippen molar-refractivity contribution in [3.63, 3.8) is 0 Å². The Morgan fingerprint density at radius 1 is 1.12 bits per heavy atom. The summed E-state index contributed by atoms with van der Waals surface area (Å²) in [7, 11) is 0. The number of imidazole rings is 1. The summed E-state index contributed by atoms with van der Waals surface area (Å²) in [5, 5.41) is 12.2. The fourth-order valence-corrected chi connectivity index (χ4v) is 2.91. The highest BCUT2D eigenvalue weighted by Gasteiger charge is 2.29. The number of nitrogens with one attached hydrogen (secondary N) is 3. The summed E-state index contributed by atoms with van der Waals surface area (Å²) in [6.07, 6.45) is -0.108. The molecule has 32 heavy (non-hydrogen) atoms. The van der Waals surface area contributed by atoms with Gasteiger partial charge in [0.25, 0.3) is 18.0 Å². The second-order valence-corrected chi connectivity index (χ2v) is 6.57. The first-order valence-corrected chi connectivity index (χ1v) is 9.25. The van der Waals surface area contributed by atoms with E-state index >= 15 is 0 Å². The van der Waals surface area contributed by atoms with Crippen LogP contribution >= 0.6 is 11.6 Å². The smallest absolute Gasteiger partial charge is 0.430 e. The highest BCUT2D eigenvalue weighted by Crippen LogP contribution is 2.25. The monoisotopic (exact) mass is 464 g/mol. The van der Waals surface area contributed by atoms with Gasteiger partial charge in [0.1, 0.15) is 5.97 Å². The first-order chi connectivity index (χ1) is 15.2. The number of benzene rings is 1. The van der Waals surface area contributed by atoms with Crippen molar-refractivity contribution in [2.24, 2.45) is 0 Å². The number of rotatable bonds is 3. The minimum atomic E-state index is -5.19. The van der Waals surface area contributed by atoms with Crippen molar-refractivity contribution in [3.8, 4) is 11.4 Å². The van der Waals surface area contributed by atoms with Crippen molar-refractivity contribution >= 4 is 34.8 Å². The van der Waals surface area contributed by atoms with E-state index in [0.717, 1.165) is 16.9 Å². The summed E-state index contributed by atoms with van der Waals surface area (Å²) in [4.78, 5) is 31.6. The number of aromatic nitrogens is 4. The Kier molecular flexibility index (Phi) is 6.69. The van der Waals surface area contributed by atoms with Crippen molar-refractivity contribution in [3.05, 3.63) is 78.0 Å². The van der Waals surface area contributed by atoms with E-state index in [1.54, 1.807) is 12.3 Å². The Balaban J connectivity index is 0.000000360. The molecular formula is C20H14ClF3N5O3+. The summed E-state index contributed by atoms with van der Waals surface area (Å²) in [6.45, 7) is 0. The number of hydrogen-bond donors (Lipinski definition) is 2. The lowest BCUT2D eigenvalue weighted by atomic mass is 10.2. The summed E-state index contributed by atoms with van der Waals surface area (Å²) < 4.78 is 33.5. The summed E-state index contributed by atoms with van der Waals surface area (Å²) in [5.74, 6) is -2.08. The Hall–Kier alpha value is -3.99. The molecule has 1 amide bonds. The number of anilines is 1. The number of halogens is 4. The van der Waals surface area contributed by atoms with Gasteiger partial charge in [-0.05, 0) is 29.2 Å². The van der Waals surface area contributed by atoms with Crippen LogP contribution in [0.4, 0.5) is 19.0 Å². The Bertz CT molecular complexity index is 1260. The minimum absolute atomic E-state index is 0.277. The predicted octanol–water partition coefficient (Wildman–Crippen LogP) is 1.83. The number of alkyl halides is 3. The molecule has 1 aromatic carbocycles. The fourth-order valence-electron chi connectivity index (χ4n) is 2.68. The van der Waals surface area contributed by atoms with Crippen LogP contribution in [0, 0.1) is 0 Å². The number of amides is 1. The van der Waals surface area contributed by atoms with Gasteiger partial charge in [-0.25, -0.2) is 4.98 Å². The van der Waals surface area contributed by atoms with E-state index in [1.807, 2.05) is 53.1 Å². The second kappa shape index (κ2) is 9.43. The lowest BCUT2D eigenvalue weighted by Crippen LogP contribution is -2.37. The van der Waals surface area contributed by atoms with Gasteiger partial charge in [-0.15, -0.1) is 0 Å². The van der Waals surface area contributed by atoms with E-state index in [0.29, 0.717) is 16.5 Å². The van der Waals surface area contributed by atoms with Gasteiger partial charge >= 0.3 is 12.1 Å². The standard InChI is InChI=1S/C18H12ClN5O.C2HF3O2/c19-13-6-2-1-5-12(13)17-23-16(14-7-3-4-10-24(14)17)18(25)22-15-8-9-20-11-21-15;3-2(4,5)1(6)7/h1-11H,(H,20,21,22,25);(H,6,7)/p+1. The van der Waals surface area contributed by atoms with Crippen LogP contribution in [0.1, 0.15) is 10.5 Å². The molecule has 0 aliphatic rings. The molecular weight excluding hydrogens is 451 g/mol. The molecule has 0 bridgehead atoms. The molecule has 3 heterocycles. The molecule has 164 valence electrons. The number of carboxylic acid groups (broad SMARTS) is 1. The lowest BCUT2D eigenvalue weighted by Gasteiger charge is -2.03. The molecule has 0 unspecified atom stereocenters. The number of fused-ring (bicyclic) bond motifs is 1. The number of aliphatic carboxylic acids is 1. The van der Waals surface area contributed by atoms with Gasteiger partial charge < -0.3 is 9.90 Å². The first kappa shape index (κ1) is 22.7. The van der Waals surface area contributed by atoms with Crippen molar-refractivity contribution < 1.29 is 37.3 Å². The van der Waals surface area contributed by atoms with Crippen molar-refractivity contribution in [2.45, 2.75) is 6.18 Å². The molecule has 8 nitrogen and oxygen atoms in total. The van der Waals surface area contributed by atoms with E-state index in [9.17, 15) is 18.0 Å². The number of aromatic amines is 2. The maximum Gasteiger partial charge on any atom is 0.430 e. The lowest BCUT2D eigenvalue weighted by molar-refractivity contribution is -0.498. The third kappa shape index (κ3) is 5.19. The SMILES string of the molecule is O=C(Nc1cc[nH+]cn1)c1[nH]c(-c2ccccc2Cl)[n+]2ccccc12.O=C([O-])C(F)(F)F. The van der Waals surface area contributed by atoms with Gasteiger partial charge in [-0.1, -0.05) is 29.8 Å². The van der Waals surface area contributed by atoms with E-state index in [-0.39, 0.29) is 5.91 Å². The zero-order valence-corrected chi connectivity index (χ0v) is 16.7. The number of carbonyl (C=O) groups is 2. The Morgan fingerprint density at radius 3 is 2.44 bits per heavy atom. The fraction of sp³-hybridized carbons (Fsp3) is 0.0500. The number of pyridine rings is 1. The number of hydrogen-bond acceptors (Lipinski definition) is 4. The van der Waals surface area contributed by atoms with Crippen molar-refractivity contribution in [1.29, 1.82) is 0 Å². The Labute approximate surface area is 183 Å². The molecule has 0 radical (unpaired) electrons. The van der Waals surface area contributed by atoms with E-state index in [1.165, 1.54) is 6.33 Å². The van der Waals surface area contributed by atoms with Crippen molar-refractivity contribution in [2.75, 3.05) is 5.32 Å². The molecule has 0 aliphatic heterocycles. The van der Waals surface area contributed by atoms with Crippen LogP contribution in [-0.4, -0.2) is 28.0 Å². The Morgan fingerprint density at radius 2 is 1.81 bits per heavy atom. The average molecular weight is 465 g/mol. The maximum atomic E-state index is 12.7. The van der Waals surface area contributed by atoms with Gasteiger partial charge in [0.15, 0.2) is 5.52 Å². The van der Waals surface area contributed by atoms with Crippen LogP contribution in [0.3, 0.4) is 0 Å². The molecule has 0 fully saturated rings. The topological polar surface area (TPSA) is 116 Å². The number of carbonyl (C=O) groups excluding carboxylic acids is 2. The predicted molar refractivity (Wildman–Crippen MR) is 104 cm³/mol. The normalized spacial score (nSPS) is 10.9. The van der Waals surface area contributed by atoms with Gasteiger partial charge in [0, 0.05) is 6.07 Å². The van der Waals surface area contributed by atoms with Crippen molar-refractivity contribution in [1.82, 2.24) is 9.97 Å². The number of H-pyrrole nitrogens is 2. The highest BCUT2D eigenvalue weighted by molar-refractivity contribution is 6.33. The molecule has 0 saturated heterocycles. The van der Waals surface area contributed by atoms with Gasteiger partial charge in [-0.2, -0.15) is 17.6 Å². The quantitative estimate of drug-likeness (QED) is 0.450. The zero-order valence-electron chi connectivity index (χ0n) is 16.0. The average Bonchev–Trinajstić information content (AvgIpc) is 3.14. The summed E-state index contributed by atoms with van der Waals surface area (Å²) >= 11 is 6.33. The van der Waals surface area contributed by atoms with E-state index < -0.39 is 12.1 Å². The number of nitrogens with zero attached hydrogens (tertiary/aromatic N) is 2. The van der Waals surface area contributed by atoms with Crippen LogP contribution in [-0.2, 0) is 4.79 Å². The maximum absolute atomic E-state index is 12.7. The zero-order chi connectivity index (χ0) is 23.3. The number of carboxylic acids is 1. The molecule has 3 aromatic heterocycles. The third-order valence-electron chi connectivity index (χ3n) is 4.05. The first-order valence-electron chi connectivity index (χ1n) is 8.87. The molecule has 0 aliphatic carbocycles. The van der Waals surface area contributed by atoms with Crippen LogP contribution in [0.2, 0.25) is 5.02 Å². The second-order valence-electron chi connectivity index (χ2n) is 6.17. The largest absolute Gasteiger partial charge is 0.542 e. The van der Waals surface area contributed by atoms with Crippen LogP contribution in [0.5, 0.6) is 0 Å². The van der Waals surface area contributed by atoms with Crippen LogP contribution < -0.4 is 19.8 Å². The molecule has 0 spiro atoms. The van der Waals surface area contributed by atoms with Crippen LogP contribution in [0.25, 0.3) is 16.9 Å². The van der Waals surface area contributed by atoms with E-state index in [2.05, 4.69) is 20.3 Å². The summed E-state index contributed by atoms with van der Waals surface area (Å²) in [5.41, 5.74) is 2.00. The van der Waals surface area contributed by atoms with E-state index in [4.69, 9.17) is 21.5 Å². The summed E-state index contributed by atoms with van der Waals surface area (Å²) in [6, 6.07) is 14.8.